The Morgan fingerprint density at radius 2 is 1.76 bits per heavy atom. The maximum atomic E-state index is 11.0. The number of aliphatic imine (C=N–C) groups is 1. The normalized spacial score (nSPS) is 12.6. The zero-order valence-electron chi connectivity index (χ0n) is 14.1. The second-order valence-corrected chi connectivity index (χ2v) is 6.07. The molecule has 0 saturated carbocycles. The van der Waals surface area contributed by atoms with Gasteiger partial charge in [0.2, 0.25) is 0 Å². The fraction of sp³-hybridized carbons (Fsp3) is 0.211. The molecule has 0 aliphatic heterocycles. The molecule has 0 spiro atoms. The van der Waals surface area contributed by atoms with Crippen LogP contribution in [0.1, 0.15) is 19.4 Å². The van der Waals surface area contributed by atoms with E-state index < -0.39 is 0 Å². The first-order valence-electron chi connectivity index (χ1n) is 8.11. The minimum absolute atomic E-state index is 0.190. The molecule has 1 atom stereocenters. The quantitative estimate of drug-likeness (QED) is 0.555. The lowest BCUT2D eigenvalue weighted by atomic mass is 9.98. The number of hydrogen-bond acceptors (Lipinski definition) is 5. The smallest absolute Gasteiger partial charge is 0.180 e. The summed E-state index contributed by atoms with van der Waals surface area (Å²) in [6.07, 6.45) is 2.63. The van der Waals surface area contributed by atoms with Gasteiger partial charge in [-0.1, -0.05) is 62.4 Å². The highest BCUT2D eigenvalue weighted by molar-refractivity contribution is 5.85. The molecule has 0 unspecified atom stereocenters. The van der Waals surface area contributed by atoms with Gasteiger partial charge in [0.1, 0.15) is 12.3 Å². The summed E-state index contributed by atoms with van der Waals surface area (Å²) >= 11 is 0. The van der Waals surface area contributed by atoms with E-state index in [2.05, 4.69) is 25.6 Å². The second kappa shape index (κ2) is 7.61. The number of carbonyl (C=O) groups is 1. The predicted octanol–water partition coefficient (Wildman–Crippen LogP) is 3.18. The first-order chi connectivity index (χ1) is 12.2. The van der Waals surface area contributed by atoms with Crippen LogP contribution in [0.4, 0.5) is 0 Å². The van der Waals surface area contributed by atoms with Crippen LogP contribution in [0, 0.1) is 5.92 Å². The lowest BCUT2D eigenvalue weighted by molar-refractivity contribution is -0.109. The summed E-state index contributed by atoms with van der Waals surface area (Å²) < 4.78 is 0. The van der Waals surface area contributed by atoms with Crippen molar-refractivity contribution >= 4 is 12.5 Å². The van der Waals surface area contributed by atoms with Gasteiger partial charge in [-0.3, -0.25) is 4.99 Å². The number of aromatic amines is 1. The zero-order chi connectivity index (χ0) is 17.6. The van der Waals surface area contributed by atoms with Crippen molar-refractivity contribution in [2.45, 2.75) is 19.9 Å². The van der Waals surface area contributed by atoms with Crippen LogP contribution in [0.2, 0.25) is 0 Å². The highest BCUT2D eigenvalue weighted by Crippen LogP contribution is 2.29. The van der Waals surface area contributed by atoms with Gasteiger partial charge in [-0.25, -0.2) is 5.10 Å². The number of aromatic nitrogens is 4. The van der Waals surface area contributed by atoms with Crippen LogP contribution in [0.3, 0.4) is 0 Å². The summed E-state index contributed by atoms with van der Waals surface area (Å²) in [7, 11) is 0. The third-order valence-corrected chi connectivity index (χ3v) is 3.97. The number of H-pyrrole nitrogens is 1. The van der Waals surface area contributed by atoms with Crippen molar-refractivity contribution in [2.24, 2.45) is 10.9 Å². The highest BCUT2D eigenvalue weighted by atomic mass is 16.1. The van der Waals surface area contributed by atoms with E-state index in [0.29, 0.717) is 5.82 Å². The van der Waals surface area contributed by atoms with Gasteiger partial charge in [0.15, 0.2) is 5.82 Å². The molecule has 0 aliphatic carbocycles. The van der Waals surface area contributed by atoms with Crippen molar-refractivity contribution in [3.8, 4) is 22.5 Å². The molecular formula is C19H19N5O. The Kier molecular flexibility index (Phi) is 5.09. The molecule has 0 saturated heterocycles. The minimum atomic E-state index is -0.306. The van der Waals surface area contributed by atoms with E-state index in [4.69, 9.17) is 0 Å². The van der Waals surface area contributed by atoms with E-state index in [0.717, 1.165) is 28.5 Å². The van der Waals surface area contributed by atoms with Crippen LogP contribution in [0.15, 0.2) is 53.5 Å². The van der Waals surface area contributed by atoms with Crippen molar-refractivity contribution in [3.05, 3.63) is 54.1 Å². The van der Waals surface area contributed by atoms with Gasteiger partial charge < -0.3 is 4.79 Å². The molecule has 0 fully saturated rings. The van der Waals surface area contributed by atoms with Crippen LogP contribution < -0.4 is 0 Å². The van der Waals surface area contributed by atoms with E-state index in [1.54, 1.807) is 6.21 Å². The summed E-state index contributed by atoms with van der Waals surface area (Å²) in [5.41, 5.74) is 3.99. The lowest BCUT2D eigenvalue weighted by Crippen LogP contribution is -2.14. The molecule has 25 heavy (non-hydrogen) atoms. The highest BCUT2D eigenvalue weighted by Gasteiger charge is 2.10. The molecular weight excluding hydrogens is 314 g/mol. The predicted molar refractivity (Wildman–Crippen MR) is 97.3 cm³/mol. The summed E-state index contributed by atoms with van der Waals surface area (Å²) in [4.78, 5) is 15.4. The minimum Gasteiger partial charge on any atom is -0.301 e. The maximum Gasteiger partial charge on any atom is 0.180 e. The largest absolute Gasteiger partial charge is 0.301 e. The van der Waals surface area contributed by atoms with Crippen molar-refractivity contribution in [2.75, 3.05) is 0 Å². The Balaban J connectivity index is 1.87. The third-order valence-electron chi connectivity index (χ3n) is 3.97. The lowest BCUT2D eigenvalue weighted by Gasteiger charge is -2.09. The maximum absolute atomic E-state index is 11.0. The fourth-order valence-corrected chi connectivity index (χ4v) is 2.50. The zero-order valence-corrected chi connectivity index (χ0v) is 14.1. The summed E-state index contributed by atoms with van der Waals surface area (Å²) in [6.45, 7) is 3.96. The van der Waals surface area contributed by atoms with Crippen LogP contribution in [0.5, 0.6) is 0 Å². The summed E-state index contributed by atoms with van der Waals surface area (Å²) in [6, 6.07) is 15.6. The van der Waals surface area contributed by atoms with Crippen LogP contribution in [-0.4, -0.2) is 39.2 Å². The molecule has 6 heteroatoms. The number of benzene rings is 2. The van der Waals surface area contributed by atoms with E-state index in [1.165, 1.54) is 0 Å². The Hall–Kier alpha value is -3.15. The number of carbonyl (C=O) groups excluding carboxylic acids is 1. The number of nitrogens with zero attached hydrogens (tertiary/aromatic N) is 4. The number of rotatable bonds is 6. The Morgan fingerprint density at radius 3 is 2.36 bits per heavy atom. The van der Waals surface area contributed by atoms with Gasteiger partial charge in [0, 0.05) is 11.8 Å². The molecule has 1 heterocycles. The molecule has 0 radical (unpaired) electrons. The van der Waals surface area contributed by atoms with Gasteiger partial charge in [0.05, 0.1) is 0 Å². The number of aldehydes is 1. The molecule has 1 N–H and O–H groups in total. The van der Waals surface area contributed by atoms with Gasteiger partial charge in [-0.2, -0.15) is 0 Å². The van der Waals surface area contributed by atoms with E-state index in [9.17, 15) is 4.79 Å². The van der Waals surface area contributed by atoms with Gasteiger partial charge in [0.25, 0.3) is 0 Å². The SMILES string of the molecule is CC(C)[C@@H](C=O)/N=C/c1ccc(-c2ccccc2-c2nnn[nH]2)cc1. The first kappa shape index (κ1) is 16.7. The molecule has 3 aromatic rings. The van der Waals surface area contributed by atoms with Gasteiger partial charge in [-0.05, 0) is 33.0 Å². The molecule has 0 bridgehead atoms. The Bertz CT molecular complexity index is 854. The molecule has 0 amide bonds. The molecule has 2 aromatic carbocycles. The first-order valence-corrected chi connectivity index (χ1v) is 8.11. The molecule has 0 aliphatic rings. The van der Waals surface area contributed by atoms with Crippen LogP contribution in [-0.2, 0) is 4.79 Å². The third kappa shape index (κ3) is 3.85. The topological polar surface area (TPSA) is 83.9 Å². The van der Waals surface area contributed by atoms with Gasteiger partial charge in [-0.15, -0.1) is 5.10 Å². The summed E-state index contributed by atoms with van der Waals surface area (Å²) in [5, 5.41) is 14.1. The van der Waals surface area contributed by atoms with Crippen molar-refractivity contribution in [1.82, 2.24) is 20.6 Å². The average molecular weight is 333 g/mol. The number of nitrogens with one attached hydrogen (secondary N) is 1. The van der Waals surface area contributed by atoms with Gasteiger partial charge >= 0.3 is 0 Å². The molecule has 6 nitrogen and oxygen atoms in total. The monoisotopic (exact) mass is 333 g/mol. The van der Waals surface area contributed by atoms with Crippen molar-refractivity contribution < 1.29 is 4.79 Å². The average Bonchev–Trinajstić information content (AvgIpc) is 3.17. The molecule has 3 rings (SSSR count). The van der Waals surface area contributed by atoms with E-state index in [-0.39, 0.29) is 12.0 Å². The Morgan fingerprint density at radius 1 is 1.04 bits per heavy atom. The molecule has 126 valence electrons. The molecule has 1 aromatic heterocycles. The second-order valence-electron chi connectivity index (χ2n) is 6.07. The van der Waals surface area contributed by atoms with Crippen molar-refractivity contribution in [1.29, 1.82) is 0 Å². The fourth-order valence-electron chi connectivity index (χ4n) is 2.50. The van der Waals surface area contributed by atoms with Crippen molar-refractivity contribution in [3.63, 3.8) is 0 Å². The number of tetrazole rings is 1. The Labute approximate surface area is 146 Å². The summed E-state index contributed by atoms with van der Waals surface area (Å²) in [5.74, 6) is 0.822. The van der Waals surface area contributed by atoms with Crippen LogP contribution in [0.25, 0.3) is 22.5 Å². The standard InChI is InChI=1S/C19H19N5O/c1-13(2)18(12-25)20-11-14-7-9-15(10-8-14)16-5-3-4-6-17(16)19-21-23-24-22-19/h3-13,18H,1-2H3,(H,21,22,23,24)/b20-11+/t18-/m1/s1. The number of hydrogen-bond donors (Lipinski definition) is 1. The van der Waals surface area contributed by atoms with E-state index in [1.807, 2.05) is 62.4 Å². The van der Waals surface area contributed by atoms with Crippen LogP contribution >= 0.6 is 0 Å². The van der Waals surface area contributed by atoms with E-state index >= 15 is 0 Å².